The molecule has 29 heavy (non-hydrogen) atoms. The first-order valence-electron chi connectivity index (χ1n) is 8.90. The van der Waals surface area contributed by atoms with Crippen LogP contribution >= 0.6 is 11.8 Å². The van der Waals surface area contributed by atoms with Gasteiger partial charge in [-0.1, -0.05) is 23.9 Å². The van der Waals surface area contributed by atoms with Gasteiger partial charge in [0.1, 0.15) is 17.2 Å². The summed E-state index contributed by atoms with van der Waals surface area (Å²) in [5, 5.41) is 8.25. The minimum atomic E-state index is -0.110. The van der Waals surface area contributed by atoms with Crippen LogP contribution in [0.4, 0.5) is 0 Å². The van der Waals surface area contributed by atoms with Gasteiger partial charge < -0.3 is 18.6 Å². The van der Waals surface area contributed by atoms with Crippen LogP contribution in [-0.4, -0.2) is 36.0 Å². The van der Waals surface area contributed by atoms with Crippen LogP contribution in [0.25, 0.3) is 0 Å². The van der Waals surface area contributed by atoms with Gasteiger partial charge in [0.05, 0.1) is 25.5 Å². The largest absolute Gasteiger partial charge is 0.497 e. The lowest BCUT2D eigenvalue weighted by Gasteiger charge is -2.09. The van der Waals surface area contributed by atoms with E-state index >= 15 is 0 Å². The number of rotatable bonds is 9. The number of benzene rings is 2. The van der Waals surface area contributed by atoms with Crippen LogP contribution in [0.2, 0.25) is 0 Å². The Labute approximate surface area is 173 Å². The van der Waals surface area contributed by atoms with E-state index in [0.29, 0.717) is 28.2 Å². The zero-order chi connectivity index (χ0) is 20.8. The molecule has 0 N–H and O–H groups in total. The van der Waals surface area contributed by atoms with Crippen LogP contribution in [0, 0.1) is 13.8 Å². The first kappa shape index (κ1) is 20.7. The lowest BCUT2D eigenvalue weighted by atomic mass is 10.1. The molecule has 0 amide bonds. The van der Waals surface area contributed by atoms with E-state index in [9.17, 15) is 4.79 Å². The van der Waals surface area contributed by atoms with E-state index in [1.54, 1.807) is 25.3 Å². The molecule has 152 valence electrons. The third kappa shape index (κ3) is 5.29. The van der Waals surface area contributed by atoms with Crippen LogP contribution < -0.4 is 14.2 Å². The van der Waals surface area contributed by atoms with Crippen molar-refractivity contribution in [2.75, 3.05) is 20.0 Å². The van der Waals surface area contributed by atoms with Gasteiger partial charge in [0, 0.05) is 6.07 Å². The highest BCUT2D eigenvalue weighted by molar-refractivity contribution is 7.99. The Balaban J connectivity index is 1.58. The summed E-state index contributed by atoms with van der Waals surface area (Å²) < 4.78 is 21.8. The lowest BCUT2D eigenvalue weighted by Crippen LogP contribution is -2.05. The minimum absolute atomic E-state index is 0.110. The summed E-state index contributed by atoms with van der Waals surface area (Å²) in [5.74, 6) is 2.24. The van der Waals surface area contributed by atoms with Gasteiger partial charge in [0.2, 0.25) is 0 Å². The molecule has 3 aromatic rings. The second-order valence-corrected chi connectivity index (χ2v) is 7.22. The van der Waals surface area contributed by atoms with E-state index in [2.05, 4.69) is 10.2 Å². The second kappa shape index (κ2) is 9.47. The van der Waals surface area contributed by atoms with Gasteiger partial charge >= 0.3 is 0 Å². The van der Waals surface area contributed by atoms with Crippen molar-refractivity contribution >= 4 is 17.5 Å². The first-order chi connectivity index (χ1) is 14.0. The highest BCUT2D eigenvalue weighted by Crippen LogP contribution is 2.27. The molecule has 0 fully saturated rings. The number of nitrogens with zero attached hydrogens (tertiary/aromatic N) is 2. The number of carbonyl (C=O) groups is 1. The maximum Gasteiger partial charge on any atom is 0.277 e. The molecule has 7 nitrogen and oxygen atoms in total. The van der Waals surface area contributed by atoms with Gasteiger partial charge in [0.15, 0.2) is 12.4 Å². The Morgan fingerprint density at radius 1 is 1.03 bits per heavy atom. The van der Waals surface area contributed by atoms with Gasteiger partial charge in [-0.2, -0.15) is 0 Å². The van der Waals surface area contributed by atoms with Crippen molar-refractivity contribution in [2.24, 2.45) is 0 Å². The monoisotopic (exact) mass is 414 g/mol. The fraction of sp³-hybridized carbons (Fsp3) is 0.286. The lowest BCUT2D eigenvalue weighted by molar-refractivity contribution is 0.101. The van der Waals surface area contributed by atoms with Crippen LogP contribution in [0.15, 0.2) is 46.0 Å². The van der Waals surface area contributed by atoms with Crippen molar-refractivity contribution in [3.63, 3.8) is 0 Å². The number of ether oxygens (including phenoxy) is 3. The van der Waals surface area contributed by atoms with Crippen molar-refractivity contribution in [3.8, 4) is 17.2 Å². The number of ketones is 1. The van der Waals surface area contributed by atoms with Crippen molar-refractivity contribution in [1.82, 2.24) is 10.2 Å². The van der Waals surface area contributed by atoms with Crippen molar-refractivity contribution in [3.05, 3.63) is 59.0 Å². The Kier molecular flexibility index (Phi) is 6.77. The average Bonchev–Trinajstić information content (AvgIpc) is 3.20. The number of hydrogen-bond donors (Lipinski definition) is 0. The third-order valence-electron chi connectivity index (χ3n) is 4.18. The van der Waals surface area contributed by atoms with E-state index in [1.165, 1.54) is 18.9 Å². The maximum atomic E-state index is 12.5. The van der Waals surface area contributed by atoms with Gasteiger partial charge in [-0.25, -0.2) is 0 Å². The fourth-order valence-corrected chi connectivity index (χ4v) is 3.25. The molecule has 0 aliphatic heterocycles. The van der Waals surface area contributed by atoms with Crippen LogP contribution in [0.5, 0.6) is 17.2 Å². The Hall–Kier alpha value is -3.00. The Morgan fingerprint density at radius 2 is 1.86 bits per heavy atom. The standard InChI is InChI=1S/C21H22N2O5S/c1-13-5-6-14(2)18(9-13)27-11-20-22-23-21(28-20)29-12-17(24)16-8-7-15(25-3)10-19(16)26-4/h5-10H,11-12H2,1-4H3. The molecule has 3 rings (SSSR count). The molecule has 0 saturated carbocycles. The molecule has 1 aromatic heterocycles. The fourth-order valence-electron chi connectivity index (χ4n) is 2.59. The number of hydrogen-bond acceptors (Lipinski definition) is 8. The van der Waals surface area contributed by atoms with Gasteiger partial charge in [-0.15, -0.1) is 10.2 Å². The summed E-state index contributed by atoms with van der Waals surface area (Å²) in [6.07, 6.45) is 0. The van der Waals surface area contributed by atoms with E-state index in [1.807, 2.05) is 32.0 Å². The Morgan fingerprint density at radius 3 is 2.62 bits per heavy atom. The van der Waals surface area contributed by atoms with Crippen molar-refractivity contribution in [2.45, 2.75) is 25.7 Å². The molecule has 0 saturated heterocycles. The van der Waals surface area contributed by atoms with Crippen LogP contribution in [0.1, 0.15) is 27.4 Å². The zero-order valence-electron chi connectivity index (χ0n) is 16.7. The van der Waals surface area contributed by atoms with Gasteiger partial charge in [-0.3, -0.25) is 4.79 Å². The number of Topliss-reactive ketones (excluding diaryl/α,β-unsaturated/α-hetero) is 1. The van der Waals surface area contributed by atoms with Gasteiger partial charge in [-0.05, 0) is 43.2 Å². The molecule has 0 unspecified atom stereocenters. The quantitative estimate of drug-likeness (QED) is 0.379. The van der Waals surface area contributed by atoms with E-state index in [4.69, 9.17) is 18.6 Å². The summed E-state index contributed by atoms with van der Waals surface area (Å²) in [6.45, 7) is 4.14. The van der Waals surface area contributed by atoms with Crippen molar-refractivity contribution in [1.29, 1.82) is 0 Å². The highest BCUT2D eigenvalue weighted by Gasteiger charge is 2.16. The molecule has 0 aliphatic rings. The van der Waals surface area contributed by atoms with E-state index < -0.39 is 0 Å². The number of methoxy groups -OCH3 is 2. The summed E-state index contributed by atoms with van der Waals surface area (Å²) in [7, 11) is 3.07. The molecule has 0 aliphatic carbocycles. The molecule has 0 bridgehead atoms. The predicted molar refractivity (Wildman–Crippen MR) is 109 cm³/mol. The molecule has 0 spiro atoms. The SMILES string of the molecule is COc1ccc(C(=O)CSc2nnc(COc3cc(C)ccc3C)o2)c(OC)c1. The van der Waals surface area contributed by atoms with Crippen LogP contribution in [-0.2, 0) is 6.61 Å². The van der Waals surface area contributed by atoms with E-state index in [0.717, 1.165) is 16.9 Å². The average molecular weight is 414 g/mol. The summed E-state index contributed by atoms with van der Waals surface area (Å²) >= 11 is 1.17. The molecular formula is C21H22N2O5S. The van der Waals surface area contributed by atoms with E-state index in [-0.39, 0.29) is 18.1 Å². The topological polar surface area (TPSA) is 83.7 Å². The first-order valence-corrected chi connectivity index (χ1v) is 9.89. The number of thioether (sulfide) groups is 1. The molecule has 0 atom stereocenters. The minimum Gasteiger partial charge on any atom is -0.497 e. The molecule has 0 radical (unpaired) electrons. The highest BCUT2D eigenvalue weighted by atomic mass is 32.2. The molecule has 8 heteroatoms. The maximum absolute atomic E-state index is 12.5. The molecule has 1 heterocycles. The van der Waals surface area contributed by atoms with Crippen molar-refractivity contribution < 1.29 is 23.4 Å². The third-order valence-corrected chi connectivity index (χ3v) is 5.00. The zero-order valence-corrected chi connectivity index (χ0v) is 17.5. The molecular weight excluding hydrogens is 392 g/mol. The normalized spacial score (nSPS) is 10.6. The summed E-state index contributed by atoms with van der Waals surface area (Å²) in [5.41, 5.74) is 2.61. The number of aromatic nitrogens is 2. The van der Waals surface area contributed by atoms with Gasteiger partial charge in [0.25, 0.3) is 11.1 Å². The number of carbonyl (C=O) groups excluding carboxylic acids is 1. The molecule has 2 aromatic carbocycles. The second-order valence-electron chi connectivity index (χ2n) is 6.30. The number of aryl methyl sites for hydroxylation is 2. The predicted octanol–water partition coefficient (Wildman–Crippen LogP) is 4.26. The summed E-state index contributed by atoms with van der Waals surface area (Å²) in [6, 6.07) is 11.1. The van der Waals surface area contributed by atoms with Crippen LogP contribution in [0.3, 0.4) is 0 Å². The summed E-state index contributed by atoms with van der Waals surface area (Å²) in [4.78, 5) is 12.5. The smallest absolute Gasteiger partial charge is 0.277 e. The Bertz CT molecular complexity index is 1000.